The Morgan fingerprint density at radius 1 is 1.08 bits per heavy atom. The molecule has 0 saturated carbocycles. The zero-order valence-electron chi connectivity index (χ0n) is 25.7. The minimum atomic E-state index is -3.33. The molecule has 0 atom stereocenters. The van der Waals surface area contributed by atoms with Crippen molar-refractivity contribution in [1.29, 1.82) is 0 Å². The van der Waals surface area contributed by atoms with Crippen molar-refractivity contribution in [3.8, 4) is 17.0 Å². The highest BCUT2D eigenvalue weighted by Gasteiger charge is 2.30. The number of carboxylic acid groups (broad SMARTS) is 1. The van der Waals surface area contributed by atoms with Crippen LogP contribution < -0.4 is 20.7 Å². The van der Waals surface area contributed by atoms with Gasteiger partial charge >= 0.3 is 6.61 Å². The van der Waals surface area contributed by atoms with E-state index >= 15 is 0 Å². The molecule has 0 aliphatic carbocycles. The van der Waals surface area contributed by atoms with Crippen molar-refractivity contribution in [3.63, 3.8) is 0 Å². The molecule has 0 spiro atoms. The molecule has 1 aromatic heterocycles. The normalized spacial score (nSPS) is 15.4. The van der Waals surface area contributed by atoms with Gasteiger partial charge in [0.15, 0.2) is 17.4 Å². The largest absolute Gasteiger partial charge is 0.483 e. The number of amides is 3. The van der Waals surface area contributed by atoms with E-state index in [1.54, 1.807) is 4.90 Å². The molecule has 3 heterocycles. The summed E-state index contributed by atoms with van der Waals surface area (Å²) < 4.78 is 59.0. The van der Waals surface area contributed by atoms with E-state index in [0.717, 1.165) is 44.3 Å². The lowest BCUT2D eigenvalue weighted by Crippen LogP contribution is -2.48. The van der Waals surface area contributed by atoms with E-state index in [9.17, 15) is 31.9 Å². The van der Waals surface area contributed by atoms with E-state index in [4.69, 9.17) is 21.5 Å². The van der Waals surface area contributed by atoms with Crippen molar-refractivity contribution in [2.24, 2.45) is 13.0 Å². The van der Waals surface area contributed by atoms with Crippen LogP contribution in [0, 0.1) is 17.6 Å². The number of piperidine rings is 2. The number of benzene rings is 2. The molecule has 5 rings (SSSR count). The fourth-order valence-electron chi connectivity index (χ4n) is 5.54. The summed E-state index contributed by atoms with van der Waals surface area (Å²) in [5.41, 5.74) is 0.181. The number of carbonyl (C=O) groups excluding carboxylic acids is 3. The highest BCUT2D eigenvalue weighted by Crippen LogP contribution is 2.31. The maximum Gasteiger partial charge on any atom is 0.387 e. The van der Waals surface area contributed by atoms with Gasteiger partial charge in [-0.25, -0.2) is 9.37 Å². The van der Waals surface area contributed by atoms with Crippen molar-refractivity contribution in [3.05, 3.63) is 64.6 Å². The number of nitrogens with zero attached hydrogens (tertiary/aromatic N) is 3. The number of hydrogen-bond acceptors (Lipinski definition) is 7. The number of alkyl halides is 2. The third-order valence-corrected chi connectivity index (χ3v) is 8.34. The smallest absolute Gasteiger partial charge is 0.387 e. The number of hydrogen-bond donors (Lipinski definition) is 4. The van der Waals surface area contributed by atoms with Gasteiger partial charge in [-0.3, -0.25) is 19.2 Å². The molecular weight excluding hydrogens is 664 g/mol. The number of aromatic nitrogens is 2. The molecule has 3 aromatic rings. The first-order chi connectivity index (χ1) is 22.9. The minimum absolute atomic E-state index is 0.00617. The van der Waals surface area contributed by atoms with Gasteiger partial charge in [0, 0.05) is 43.3 Å². The van der Waals surface area contributed by atoms with Gasteiger partial charge in [0.1, 0.15) is 0 Å². The summed E-state index contributed by atoms with van der Waals surface area (Å²) in [6.45, 7) is -1.000. The van der Waals surface area contributed by atoms with Crippen LogP contribution in [0.1, 0.15) is 46.7 Å². The SMILES string of the molecule is Cn1c(-c2ccc(OC(F)F)c(F)c2F)cnc1C(=O)Nc1ccc(C(=O)N2CCC(C(=O)NC3CCNCC3)CC2)c(Cl)c1.O=CO. The molecule has 12 nitrogen and oxygen atoms in total. The molecule has 17 heteroatoms. The molecule has 2 aliphatic heterocycles. The van der Waals surface area contributed by atoms with Gasteiger partial charge < -0.3 is 35.3 Å². The van der Waals surface area contributed by atoms with Crippen LogP contribution in [0.4, 0.5) is 23.2 Å². The van der Waals surface area contributed by atoms with E-state index in [2.05, 4.69) is 25.7 Å². The first-order valence-corrected chi connectivity index (χ1v) is 15.3. The molecule has 2 saturated heterocycles. The highest BCUT2D eigenvalue weighted by molar-refractivity contribution is 6.34. The Labute approximate surface area is 277 Å². The Morgan fingerprint density at radius 2 is 1.75 bits per heavy atom. The van der Waals surface area contributed by atoms with Gasteiger partial charge in [-0.1, -0.05) is 11.6 Å². The van der Waals surface area contributed by atoms with Gasteiger partial charge in [0.05, 0.1) is 22.5 Å². The second-order valence-corrected chi connectivity index (χ2v) is 11.4. The van der Waals surface area contributed by atoms with Crippen molar-refractivity contribution >= 4 is 41.5 Å². The van der Waals surface area contributed by atoms with E-state index in [1.807, 2.05) is 0 Å². The maximum atomic E-state index is 14.7. The lowest BCUT2D eigenvalue weighted by molar-refractivity contribution is -0.127. The zero-order valence-corrected chi connectivity index (χ0v) is 26.4. The van der Waals surface area contributed by atoms with Gasteiger partial charge in [0.25, 0.3) is 18.3 Å². The fourth-order valence-corrected chi connectivity index (χ4v) is 5.80. The molecule has 0 unspecified atom stereocenters. The number of carbonyl (C=O) groups is 4. The second kappa shape index (κ2) is 16.4. The number of likely N-dealkylation sites (tertiary alicyclic amines) is 1. The average Bonchev–Trinajstić information content (AvgIpc) is 3.44. The second-order valence-electron chi connectivity index (χ2n) is 11.0. The quantitative estimate of drug-likeness (QED) is 0.201. The van der Waals surface area contributed by atoms with E-state index in [1.165, 1.54) is 29.8 Å². The van der Waals surface area contributed by atoms with Crippen LogP contribution in [0.15, 0.2) is 36.5 Å². The number of halogens is 5. The molecule has 4 N–H and O–H groups in total. The summed E-state index contributed by atoms with van der Waals surface area (Å²) in [5, 5.41) is 16.0. The third kappa shape index (κ3) is 8.60. The molecule has 2 fully saturated rings. The van der Waals surface area contributed by atoms with Crippen molar-refractivity contribution in [2.45, 2.75) is 38.3 Å². The molecular formula is C31H33ClF4N6O6. The molecule has 48 heavy (non-hydrogen) atoms. The third-order valence-electron chi connectivity index (χ3n) is 8.03. The van der Waals surface area contributed by atoms with Crippen LogP contribution in [0.5, 0.6) is 5.75 Å². The van der Waals surface area contributed by atoms with Crippen molar-refractivity contribution in [1.82, 2.24) is 25.1 Å². The molecule has 2 aromatic carbocycles. The lowest BCUT2D eigenvalue weighted by Gasteiger charge is -2.33. The Hall–Kier alpha value is -4.70. The monoisotopic (exact) mass is 696 g/mol. The van der Waals surface area contributed by atoms with E-state index in [0.29, 0.717) is 25.9 Å². The van der Waals surface area contributed by atoms with Gasteiger partial charge in [-0.2, -0.15) is 13.2 Å². The number of nitrogens with one attached hydrogen (secondary N) is 3. The van der Waals surface area contributed by atoms with Crippen molar-refractivity contribution < 1.29 is 46.6 Å². The molecule has 258 valence electrons. The fraction of sp³-hybridized carbons (Fsp3) is 0.387. The predicted molar refractivity (Wildman–Crippen MR) is 166 cm³/mol. The summed E-state index contributed by atoms with van der Waals surface area (Å²) in [5.74, 6) is -5.29. The van der Waals surface area contributed by atoms with Crippen LogP contribution in [0.3, 0.4) is 0 Å². The zero-order chi connectivity index (χ0) is 35.0. The summed E-state index contributed by atoms with van der Waals surface area (Å²) in [6.07, 6.45) is 4.03. The summed E-state index contributed by atoms with van der Waals surface area (Å²) in [4.78, 5) is 52.9. The maximum absolute atomic E-state index is 14.7. The Kier molecular flexibility index (Phi) is 12.4. The number of rotatable bonds is 8. The van der Waals surface area contributed by atoms with E-state index in [-0.39, 0.29) is 63.6 Å². The van der Waals surface area contributed by atoms with Crippen LogP contribution >= 0.6 is 11.6 Å². The first-order valence-electron chi connectivity index (χ1n) is 14.9. The lowest BCUT2D eigenvalue weighted by atomic mass is 9.94. The number of imidazole rings is 1. The molecule has 3 amide bonds. The van der Waals surface area contributed by atoms with Crippen LogP contribution in [0.25, 0.3) is 11.3 Å². The van der Waals surface area contributed by atoms with Crippen LogP contribution in [-0.4, -0.2) is 82.6 Å². The standard InChI is InChI=1S/C30H31ClF4N6O4.CH2O2/c1-40-22(20-4-5-23(45-30(34)35)25(33)24(20)32)15-37-26(40)28(43)39-18-2-3-19(21(31)14-18)29(44)41-12-8-16(9-13-41)27(42)38-17-6-10-36-11-7-17;2-1-3/h2-5,14-17,30,36H,6-13H2,1H3,(H,38,42)(H,39,43);1H,(H,2,3). The Bertz CT molecular complexity index is 1640. The molecule has 0 bridgehead atoms. The predicted octanol–water partition coefficient (Wildman–Crippen LogP) is 4.29. The van der Waals surface area contributed by atoms with E-state index < -0.39 is 29.9 Å². The molecule has 0 radical (unpaired) electrons. The van der Waals surface area contributed by atoms with Crippen molar-refractivity contribution in [2.75, 3.05) is 31.5 Å². The minimum Gasteiger partial charge on any atom is -0.483 e. The molecule has 2 aliphatic rings. The average molecular weight is 697 g/mol. The van der Waals surface area contributed by atoms with Crippen LogP contribution in [-0.2, 0) is 16.6 Å². The summed E-state index contributed by atoms with van der Waals surface area (Å²) in [7, 11) is 1.40. The van der Waals surface area contributed by atoms with Crippen LogP contribution in [0.2, 0.25) is 5.02 Å². The van der Waals surface area contributed by atoms with Gasteiger partial charge in [-0.05, 0) is 69.1 Å². The Balaban J connectivity index is 0.00000167. The Morgan fingerprint density at radius 3 is 2.38 bits per heavy atom. The van der Waals surface area contributed by atoms with Gasteiger partial charge in [0.2, 0.25) is 11.7 Å². The highest BCUT2D eigenvalue weighted by atomic mass is 35.5. The summed E-state index contributed by atoms with van der Waals surface area (Å²) >= 11 is 6.43. The summed E-state index contributed by atoms with van der Waals surface area (Å²) in [6, 6.07) is 6.46. The number of ether oxygens (including phenoxy) is 1. The topological polar surface area (TPSA) is 155 Å². The number of anilines is 1. The van der Waals surface area contributed by atoms with Gasteiger partial charge in [-0.15, -0.1) is 0 Å². The first kappa shape index (κ1) is 36.1.